The number of para-hydroxylation sites is 1. The minimum atomic E-state index is -0.00998. The molecule has 1 fully saturated rings. The zero-order valence-electron chi connectivity index (χ0n) is 15.8. The van der Waals surface area contributed by atoms with Crippen molar-refractivity contribution in [1.82, 2.24) is 0 Å². The Morgan fingerprint density at radius 3 is 2.15 bits per heavy atom. The lowest BCUT2D eigenvalue weighted by atomic mass is 10.0. The Hall–Kier alpha value is -2.49. The molecule has 2 aromatic rings. The van der Waals surface area contributed by atoms with Gasteiger partial charge in [-0.1, -0.05) is 32.0 Å². The second-order valence-corrected chi connectivity index (χ2v) is 6.80. The van der Waals surface area contributed by atoms with Crippen molar-refractivity contribution in [2.75, 3.05) is 35.2 Å². The van der Waals surface area contributed by atoms with Crippen molar-refractivity contribution < 1.29 is 4.79 Å². The molecular weight excluding hydrogens is 322 g/mol. The van der Waals surface area contributed by atoms with Gasteiger partial charge in [0.05, 0.1) is 6.54 Å². The Labute approximate surface area is 156 Å². The Morgan fingerprint density at radius 1 is 0.962 bits per heavy atom. The first-order chi connectivity index (χ1) is 12.7. The summed E-state index contributed by atoms with van der Waals surface area (Å²) in [5, 5.41) is 6.32. The molecule has 1 saturated heterocycles. The Bertz CT molecular complexity index is 711. The maximum absolute atomic E-state index is 12.4. The van der Waals surface area contributed by atoms with Gasteiger partial charge in [0.2, 0.25) is 5.91 Å². The smallest absolute Gasteiger partial charge is 0.243 e. The van der Waals surface area contributed by atoms with E-state index in [9.17, 15) is 4.79 Å². The summed E-state index contributed by atoms with van der Waals surface area (Å²) in [6.45, 7) is 6.79. The zero-order chi connectivity index (χ0) is 18.4. The molecule has 1 aliphatic heterocycles. The van der Waals surface area contributed by atoms with E-state index in [1.807, 2.05) is 0 Å². The van der Waals surface area contributed by atoms with E-state index >= 15 is 0 Å². The van der Waals surface area contributed by atoms with E-state index in [1.165, 1.54) is 29.7 Å². The molecule has 4 nitrogen and oxygen atoms in total. The second-order valence-electron chi connectivity index (χ2n) is 6.80. The summed E-state index contributed by atoms with van der Waals surface area (Å²) in [5.41, 5.74) is 5.60. The first-order valence-corrected chi connectivity index (χ1v) is 9.70. The molecule has 3 rings (SSSR count). The van der Waals surface area contributed by atoms with Crippen molar-refractivity contribution >= 4 is 23.0 Å². The zero-order valence-corrected chi connectivity index (χ0v) is 15.8. The third-order valence-electron chi connectivity index (χ3n) is 5.05. The lowest BCUT2D eigenvalue weighted by molar-refractivity contribution is -0.114. The molecule has 138 valence electrons. The van der Waals surface area contributed by atoms with Crippen LogP contribution in [0.5, 0.6) is 0 Å². The molecule has 1 amide bonds. The van der Waals surface area contributed by atoms with E-state index in [1.54, 1.807) is 0 Å². The van der Waals surface area contributed by atoms with Crippen LogP contribution in [0.15, 0.2) is 42.5 Å². The minimum Gasteiger partial charge on any atom is -0.376 e. The van der Waals surface area contributed by atoms with Gasteiger partial charge in [0, 0.05) is 30.2 Å². The summed E-state index contributed by atoms with van der Waals surface area (Å²) in [5.74, 6) is -0.00998. The molecular formula is C22H29N3O. The number of aryl methyl sites for hydroxylation is 2. The van der Waals surface area contributed by atoms with Crippen LogP contribution in [-0.4, -0.2) is 25.5 Å². The van der Waals surface area contributed by atoms with Gasteiger partial charge in [-0.05, 0) is 61.1 Å². The van der Waals surface area contributed by atoms with Crippen LogP contribution in [0.1, 0.15) is 37.8 Å². The molecule has 0 radical (unpaired) electrons. The Kier molecular flexibility index (Phi) is 6.16. The van der Waals surface area contributed by atoms with Crippen LogP contribution < -0.4 is 15.5 Å². The van der Waals surface area contributed by atoms with E-state index in [0.717, 1.165) is 37.3 Å². The highest BCUT2D eigenvalue weighted by molar-refractivity contribution is 5.95. The fraction of sp³-hybridized carbons (Fsp3) is 0.409. The Morgan fingerprint density at radius 2 is 1.58 bits per heavy atom. The molecule has 0 bridgehead atoms. The third-order valence-corrected chi connectivity index (χ3v) is 5.05. The molecule has 0 atom stereocenters. The lowest BCUT2D eigenvalue weighted by Crippen LogP contribution is -2.23. The maximum Gasteiger partial charge on any atom is 0.243 e. The molecule has 26 heavy (non-hydrogen) atoms. The maximum atomic E-state index is 12.4. The van der Waals surface area contributed by atoms with Crippen molar-refractivity contribution in [1.29, 1.82) is 0 Å². The number of hydrogen-bond acceptors (Lipinski definition) is 3. The summed E-state index contributed by atoms with van der Waals surface area (Å²) in [6, 6.07) is 14.6. The van der Waals surface area contributed by atoms with Crippen LogP contribution in [0.25, 0.3) is 0 Å². The fourth-order valence-electron chi connectivity index (χ4n) is 3.53. The molecule has 0 unspecified atom stereocenters. The van der Waals surface area contributed by atoms with Gasteiger partial charge in [-0.15, -0.1) is 0 Å². The number of rotatable bonds is 7. The molecule has 4 heteroatoms. The third kappa shape index (κ3) is 4.37. The van der Waals surface area contributed by atoms with Crippen LogP contribution in [-0.2, 0) is 17.6 Å². The van der Waals surface area contributed by atoms with Gasteiger partial charge in [-0.2, -0.15) is 0 Å². The Balaban J connectivity index is 1.57. The molecule has 1 aliphatic rings. The molecule has 0 spiro atoms. The number of amides is 1. The van der Waals surface area contributed by atoms with Gasteiger partial charge in [-0.3, -0.25) is 4.79 Å². The average Bonchev–Trinajstić information content (AvgIpc) is 3.21. The number of nitrogens with one attached hydrogen (secondary N) is 2. The topological polar surface area (TPSA) is 44.4 Å². The van der Waals surface area contributed by atoms with Crippen LogP contribution in [0, 0.1) is 0 Å². The standard InChI is InChI=1S/C22H29N3O/c1-3-17-8-7-9-18(4-2)22(17)24-21(26)16-23-19-10-12-20(13-11-19)25-14-5-6-15-25/h7-13,23H,3-6,14-16H2,1-2H3,(H,24,26). The number of benzene rings is 2. The lowest BCUT2D eigenvalue weighted by Gasteiger charge is -2.18. The van der Waals surface area contributed by atoms with E-state index in [-0.39, 0.29) is 12.5 Å². The van der Waals surface area contributed by atoms with Crippen molar-refractivity contribution in [2.24, 2.45) is 0 Å². The molecule has 2 aromatic carbocycles. The van der Waals surface area contributed by atoms with Crippen LogP contribution in [0.3, 0.4) is 0 Å². The summed E-state index contributed by atoms with van der Waals surface area (Å²) in [7, 11) is 0. The van der Waals surface area contributed by atoms with Gasteiger partial charge < -0.3 is 15.5 Å². The van der Waals surface area contributed by atoms with Crippen molar-refractivity contribution in [2.45, 2.75) is 39.5 Å². The summed E-state index contributed by atoms with van der Waals surface area (Å²) in [4.78, 5) is 14.8. The predicted molar refractivity (Wildman–Crippen MR) is 110 cm³/mol. The van der Waals surface area contributed by atoms with Gasteiger partial charge in [0.1, 0.15) is 0 Å². The molecule has 2 N–H and O–H groups in total. The van der Waals surface area contributed by atoms with E-state index in [4.69, 9.17) is 0 Å². The highest BCUT2D eigenvalue weighted by atomic mass is 16.1. The summed E-state index contributed by atoms with van der Waals surface area (Å²) < 4.78 is 0. The van der Waals surface area contributed by atoms with E-state index < -0.39 is 0 Å². The van der Waals surface area contributed by atoms with Gasteiger partial charge >= 0.3 is 0 Å². The normalized spacial score (nSPS) is 13.7. The second kappa shape index (κ2) is 8.75. The summed E-state index contributed by atoms with van der Waals surface area (Å²) in [6.07, 6.45) is 4.38. The fourth-order valence-corrected chi connectivity index (χ4v) is 3.53. The minimum absolute atomic E-state index is 0.00998. The number of nitrogens with zero attached hydrogens (tertiary/aromatic N) is 1. The number of carbonyl (C=O) groups excluding carboxylic acids is 1. The van der Waals surface area contributed by atoms with Crippen LogP contribution in [0.2, 0.25) is 0 Å². The van der Waals surface area contributed by atoms with Crippen LogP contribution >= 0.6 is 0 Å². The molecule has 0 aliphatic carbocycles. The van der Waals surface area contributed by atoms with E-state index in [0.29, 0.717) is 0 Å². The first kappa shape index (κ1) is 18.3. The van der Waals surface area contributed by atoms with Crippen molar-refractivity contribution in [3.8, 4) is 0 Å². The van der Waals surface area contributed by atoms with Crippen molar-refractivity contribution in [3.63, 3.8) is 0 Å². The predicted octanol–water partition coefficient (Wildman–Crippen LogP) is 4.46. The van der Waals surface area contributed by atoms with E-state index in [2.05, 4.69) is 71.8 Å². The number of carbonyl (C=O) groups is 1. The van der Waals surface area contributed by atoms with Crippen LogP contribution in [0.4, 0.5) is 17.1 Å². The monoisotopic (exact) mass is 351 g/mol. The summed E-state index contributed by atoms with van der Waals surface area (Å²) >= 11 is 0. The average molecular weight is 351 g/mol. The van der Waals surface area contributed by atoms with Gasteiger partial charge in [0.25, 0.3) is 0 Å². The quantitative estimate of drug-likeness (QED) is 0.774. The first-order valence-electron chi connectivity index (χ1n) is 9.70. The SMILES string of the molecule is CCc1cccc(CC)c1NC(=O)CNc1ccc(N2CCCC2)cc1. The largest absolute Gasteiger partial charge is 0.376 e. The highest BCUT2D eigenvalue weighted by Crippen LogP contribution is 2.23. The van der Waals surface area contributed by atoms with Crippen molar-refractivity contribution in [3.05, 3.63) is 53.6 Å². The number of anilines is 3. The molecule has 0 saturated carbocycles. The van der Waals surface area contributed by atoms with Gasteiger partial charge in [0.15, 0.2) is 0 Å². The molecule has 0 aromatic heterocycles. The number of hydrogen-bond donors (Lipinski definition) is 2. The van der Waals surface area contributed by atoms with Gasteiger partial charge in [-0.25, -0.2) is 0 Å². The molecule has 1 heterocycles. The highest BCUT2D eigenvalue weighted by Gasteiger charge is 2.12.